The van der Waals surface area contributed by atoms with Gasteiger partial charge in [-0.1, -0.05) is 17.7 Å². The molecule has 0 aliphatic rings. The van der Waals surface area contributed by atoms with Crippen molar-refractivity contribution in [2.75, 3.05) is 13.2 Å². The summed E-state index contributed by atoms with van der Waals surface area (Å²) in [6.45, 7) is 3.65. The zero-order valence-corrected chi connectivity index (χ0v) is 11.4. The lowest BCUT2D eigenvalue weighted by Gasteiger charge is -2.06. The predicted molar refractivity (Wildman–Crippen MR) is 76.1 cm³/mol. The second-order valence-corrected chi connectivity index (χ2v) is 4.94. The lowest BCUT2D eigenvalue weighted by molar-refractivity contribution is 0.288. The van der Waals surface area contributed by atoms with E-state index in [1.165, 1.54) is 16.5 Å². The van der Waals surface area contributed by atoms with Crippen molar-refractivity contribution in [2.24, 2.45) is 5.73 Å². The van der Waals surface area contributed by atoms with Gasteiger partial charge < -0.3 is 15.4 Å². The van der Waals surface area contributed by atoms with Crippen LogP contribution in [0.5, 0.6) is 0 Å². The number of aromatic nitrogens is 1. The quantitative estimate of drug-likeness (QED) is 0.874. The van der Waals surface area contributed by atoms with Crippen LogP contribution in [0.25, 0.3) is 10.9 Å². The van der Waals surface area contributed by atoms with E-state index < -0.39 is 0 Å². The molecular formula is C14H19ClN2O. The van der Waals surface area contributed by atoms with Crippen molar-refractivity contribution in [3.63, 3.8) is 0 Å². The lowest BCUT2D eigenvalue weighted by atomic mass is 10.1. The minimum absolute atomic E-state index is 0.218. The molecule has 0 atom stereocenters. The Morgan fingerprint density at radius 3 is 2.83 bits per heavy atom. The summed E-state index contributed by atoms with van der Waals surface area (Å²) in [5.41, 5.74) is 9.17. The highest BCUT2D eigenvalue weighted by molar-refractivity contribution is 6.32. The van der Waals surface area contributed by atoms with Crippen LogP contribution < -0.4 is 5.73 Å². The first-order chi connectivity index (χ1) is 8.69. The van der Waals surface area contributed by atoms with Crippen LogP contribution >= 0.6 is 11.6 Å². The Balaban J connectivity index is 2.56. The monoisotopic (exact) mass is 266 g/mol. The first-order valence-electron chi connectivity index (χ1n) is 6.26. The number of hydrogen-bond donors (Lipinski definition) is 2. The van der Waals surface area contributed by atoms with Crippen molar-refractivity contribution >= 4 is 22.5 Å². The second-order valence-electron chi connectivity index (χ2n) is 4.53. The van der Waals surface area contributed by atoms with Gasteiger partial charge in [0.25, 0.3) is 0 Å². The number of benzene rings is 1. The van der Waals surface area contributed by atoms with Crippen molar-refractivity contribution in [3.8, 4) is 0 Å². The van der Waals surface area contributed by atoms with Crippen molar-refractivity contribution in [1.82, 2.24) is 4.57 Å². The molecule has 0 amide bonds. The summed E-state index contributed by atoms with van der Waals surface area (Å²) >= 11 is 6.19. The number of aliphatic hydroxyl groups excluding tert-OH is 1. The molecule has 0 aliphatic carbocycles. The van der Waals surface area contributed by atoms with Crippen molar-refractivity contribution in [2.45, 2.75) is 26.3 Å². The number of hydrogen-bond acceptors (Lipinski definition) is 2. The molecule has 0 radical (unpaired) electrons. The number of nitrogens with zero attached hydrogens (tertiary/aromatic N) is 1. The lowest BCUT2D eigenvalue weighted by Crippen LogP contribution is -2.09. The largest absolute Gasteiger partial charge is 0.396 e. The molecule has 1 heterocycles. The summed E-state index contributed by atoms with van der Waals surface area (Å²) in [7, 11) is 0. The summed E-state index contributed by atoms with van der Waals surface area (Å²) in [5, 5.41) is 11.0. The maximum absolute atomic E-state index is 8.96. The summed E-state index contributed by atoms with van der Waals surface area (Å²) in [4.78, 5) is 0. The molecule has 0 fully saturated rings. The van der Waals surface area contributed by atoms with Gasteiger partial charge in [0.05, 0.1) is 5.52 Å². The van der Waals surface area contributed by atoms with Crippen molar-refractivity contribution in [3.05, 3.63) is 34.5 Å². The number of rotatable bonds is 5. The third-order valence-electron chi connectivity index (χ3n) is 3.28. The van der Waals surface area contributed by atoms with Crippen molar-refractivity contribution in [1.29, 1.82) is 0 Å². The topological polar surface area (TPSA) is 51.2 Å². The summed E-state index contributed by atoms with van der Waals surface area (Å²) < 4.78 is 2.17. The summed E-state index contributed by atoms with van der Waals surface area (Å²) in [5.74, 6) is 0. The van der Waals surface area contributed by atoms with Crippen LogP contribution in [0.4, 0.5) is 0 Å². The molecule has 0 spiro atoms. The van der Waals surface area contributed by atoms with Crippen LogP contribution in [-0.4, -0.2) is 22.8 Å². The van der Waals surface area contributed by atoms with Gasteiger partial charge >= 0.3 is 0 Å². The van der Waals surface area contributed by atoms with E-state index in [0.29, 0.717) is 6.54 Å². The Hall–Kier alpha value is -1.03. The Morgan fingerprint density at radius 1 is 1.39 bits per heavy atom. The smallest absolute Gasteiger partial charge is 0.0528 e. The van der Waals surface area contributed by atoms with Gasteiger partial charge in [0.15, 0.2) is 0 Å². The number of halogens is 1. The van der Waals surface area contributed by atoms with Crippen LogP contribution in [0.15, 0.2) is 18.3 Å². The van der Waals surface area contributed by atoms with E-state index in [0.717, 1.165) is 30.0 Å². The molecule has 0 aliphatic heterocycles. The zero-order valence-electron chi connectivity index (χ0n) is 10.6. The fourth-order valence-electron chi connectivity index (χ4n) is 2.41. The molecular weight excluding hydrogens is 248 g/mol. The average Bonchev–Trinajstić information content (AvgIpc) is 2.70. The highest BCUT2D eigenvalue weighted by Gasteiger charge is 2.11. The summed E-state index contributed by atoms with van der Waals surface area (Å²) in [6, 6.07) is 4.00. The molecule has 0 bridgehead atoms. The normalized spacial score (nSPS) is 11.3. The van der Waals surface area contributed by atoms with Crippen LogP contribution in [0, 0.1) is 6.92 Å². The molecule has 1 aromatic heterocycles. The molecule has 98 valence electrons. The molecule has 3 nitrogen and oxygen atoms in total. The predicted octanol–water partition coefficient (Wildman–Crippen LogP) is 2.49. The Bertz CT molecular complexity index is 548. The van der Waals surface area contributed by atoms with Gasteiger partial charge in [0.1, 0.15) is 0 Å². The molecule has 18 heavy (non-hydrogen) atoms. The minimum Gasteiger partial charge on any atom is -0.396 e. The number of aliphatic hydroxyl groups is 1. The van der Waals surface area contributed by atoms with Crippen LogP contribution in [0.1, 0.15) is 17.5 Å². The summed E-state index contributed by atoms with van der Waals surface area (Å²) in [6.07, 6.45) is 3.80. The number of nitrogens with two attached hydrogens (primary N) is 1. The fraction of sp³-hybridized carbons (Fsp3) is 0.429. The Kier molecular flexibility index (Phi) is 4.27. The standard InChI is InChI=1S/C14H19ClN2O/c1-10-13(15)5-4-12-11(3-2-8-18)9-17(7-6-16)14(10)12/h4-5,9,18H,2-3,6-8,16H2,1H3. The molecule has 0 saturated heterocycles. The van der Waals surface area contributed by atoms with E-state index in [1.807, 2.05) is 13.0 Å². The van der Waals surface area contributed by atoms with Gasteiger partial charge in [0.2, 0.25) is 0 Å². The van der Waals surface area contributed by atoms with Crippen molar-refractivity contribution < 1.29 is 5.11 Å². The number of aryl methyl sites for hydroxylation is 2. The highest BCUT2D eigenvalue weighted by atomic mass is 35.5. The van der Waals surface area contributed by atoms with Gasteiger partial charge in [-0.3, -0.25) is 0 Å². The van der Waals surface area contributed by atoms with Gasteiger partial charge in [-0.25, -0.2) is 0 Å². The van der Waals surface area contributed by atoms with Gasteiger partial charge in [-0.05, 0) is 37.0 Å². The van der Waals surface area contributed by atoms with Gasteiger partial charge in [0, 0.05) is 36.3 Å². The average molecular weight is 267 g/mol. The minimum atomic E-state index is 0.218. The molecule has 2 rings (SSSR count). The second kappa shape index (κ2) is 5.74. The van der Waals surface area contributed by atoms with E-state index in [4.69, 9.17) is 22.4 Å². The van der Waals surface area contributed by atoms with E-state index in [2.05, 4.69) is 16.8 Å². The first-order valence-corrected chi connectivity index (χ1v) is 6.64. The van der Waals surface area contributed by atoms with Crippen LogP contribution in [-0.2, 0) is 13.0 Å². The van der Waals surface area contributed by atoms with Crippen LogP contribution in [0.2, 0.25) is 5.02 Å². The highest BCUT2D eigenvalue weighted by Crippen LogP contribution is 2.30. The first kappa shape index (κ1) is 13.4. The molecule has 2 aromatic rings. The van der Waals surface area contributed by atoms with Crippen LogP contribution in [0.3, 0.4) is 0 Å². The number of fused-ring (bicyclic) bond motifs is 1. The molecule has 0 unspecified atom stereocenters. The maximum Gasteiger partial charge on any atom is 0.0528 e. The van der Waals surface area contributed by atoms with Gasteiger partial charge in [-0.2, -0.15) is 0 Å². The Morgan fingerprint density at radius 2 is 2.17 bits per heavy atom. The zero-order chi connectivity index (χ0) is 13.1. The van der Waals surface area contributed by atoms with Gasteiger partial charge in [-0.15, -0.1) is 0 Å². The molecule has 0 saturated carbocycles. The third-order valence-corrected chi connectivity index (χ3v) is 3.69. The van der Waals surface area contributed by atoms with E-state index >= 15 is 0 Å². The fourth-order valence-corrected chi connectivity index (χ4v) is 2.56. The SMILES string of the molecule is Cc1c(Cl)ccc2c(CCCO)cn(CCN)c12. The Labute approximate surface area is 112 Å². The van der Waals surface area contributed by atoms with E-state index in [9.17, 15) is 0 Å². The van der Waals surface area contributed by atoms with E-state index in [1.54, 1.807) is 0 Å². The molecule has 3 N–H and O–H groups in total. The maximum atomic E-state index is 8.96. The van der Waals surface area contributed by atoms with E-state index in [-0.39, 0.29) is 6.61 Å². The molecule has 4 heteroatoms. The third kappa shape index (κ3) is 2.39. The molecule has 1 aromatic carbocycles.